The third-order valence-corrected chi connectivity index (χ3v) is 4.01. The molecule has 0 aromatic carbocycles. The summed E-state index contributed by atoms with van der Waals surface area (Å²) in [5.74, 6) is 0. The third-order valence-electron chi connectivity index (χ3n) is 2.95. The van der Waals surface area contributed by atoms with E-state index in [-0.39, 0.29) is 5.60 Å². The van der Waals surface area contributed by atoms with E-state index in [1.165, 1.54) is 10.6 Å². The highest BCUT2D eigenvalue weighted by Gasteiger charge is 2.42. The van der Waals surface area contributed by atoms with Crippen molar-refractivity contribution in [2.75, 3.05) is 13.1 Å². The van der Waals surface area contributed by atoms with Crippen LogP contribution in [-0.4, -0.2) is 18.1 Å². The van der Waals surface area contributed by atoms with Crippen LogP contribution in [0, 0.1) is 0 Å². The van der Waals surface area contributed by atoms with Gasteiger partial charge in [-0.25, -0.2) is 4.98 Å². The van der Waals surface area contributed by atoms with Crippen LogP contribution < -0.4 is 5.32 Å². The zero-order valence-corrected chi connectivity index (χ0v) is 8.19. The second kappa shape index (κ2) is 2.77. The maximum absolute atomic E-state index is 5.90. The van der Waals surface area contributed by atoms with Crippen LogP contribution in [0.5, 0.6) is 0 Å². The number of nitrogens with zero attached hydrogens (tertiary/aromatic N) is 1. The van der Waals surface area contributed by atoms with Gasteiger partial charge in [0.15, 0.2) is 0 Å². The molecule has 1 spiro atoms. The number of piperidine rings is 1. The van der Waals surface area contributed by atoms with Crippen molar-refractivity contribution in [3.8, 4) is 0 Å². The van der Waals surface area contributed by atoms with Crippen LogP contribution in [0.4, 0.5) is 0 Å². The predicted molar refractivity (Wildman–Crippen MR) is 50.7 cm³/mol. The van der Waals surface area contributed by atoms with Gasteiger partial charge >= 0.3 is 0 Å². The lowest BCUT2D eigenvalue weighted by molar-refractivity contribution is -0.0576. The standard InChI is InChI=1S/C9H12N2OS/c1-3-10-4-2-9(1)8-7(5-12-9)11-6-13-8/h6,10H,1-5H2. The van der Waals surface area contributed by atoms with Gasteiger partial charge in [0.25, 0.3) is 0 Å². The normalized spacial score (nSPS) is 24.9. The Kier molecular flexibility index (Phi) is 1.68. The van der Waals surface area contributed by atoms with Gasteiger partial charge in [0.1, 0.15) is 5.60 Å². The molecule has 0 atom stereocenters. The van der Waals surface area contributed by atoms with Crippen molar-refractivity contribution in [2.24, 2.45) is 0 Å². The van der Waals surface area contributed by atoms with E-state index in [0.717, 1.165) is 32.5 Å². The quantitative estimate of drug-likeness (QED) is 0.678. The number of hydrogen-bond acceptors (Lipinski definition) is 4. The van der Waals surface area contributed by atoms with Gasteiger partial charge in [-0.3, -0.25) is 0 Å². The topological polar surface area (TPSA) is 34.2 Å². The molecular formula is C9H12N2OS. The number of hydrogen-bond donors (Lipinski definition) is 1. The second-order valence-electron chi connectivity index (χ2n) is 3.66. The molecule has 1 aromatic rings. The number of aromatic nitrogens is 1. The summed E-state index contributed by atoms with van der Waals surface area (Å²) < 4.78 is 5.90. The highest BCUT2D eigenvalue weighted by molar-refractivity contribution is 7.09. The summed E-state index contributed by atoms with van der Waals surface area (Å²) in [5.41, 5.74) is 3.14. The molecule has 3 rings (SSSR count). The van der Waals surface area contributed by atoms with Crippen LogP contribution in [0.25, 0.3) is 0 Å². The summed E-state index contributed by atoms with van der Waals surface area (Å²) in [4.78, 5) is 5.70. The fraction of sp³-hybridized carbons (Fsp3) is 0.667. The first kappa shape index (κ1) is 7.91. The summed E-state index contributed by atoms with van der Waals surface area (Å²) in [7, 11) is 0. The molecule has 2 aliphatic heterocycles. The Hall–Kier alpha value is -0.450. The van der Waals surface area contributed by atoms with Crippen LogP contribution in [-0.2, 0) is 16.9 Å². The molecule has 1 aromatic heterocycles. The lowest BCUT2D eigenvalue weighted by atomic mass is 9.91. The van der Waals surface area contributed by atoms with Crippen LogP contribution in [0.3, 0.4) is 0 Å². The molecule has 0 bridgehead atoms. The van der Waals surface area contributed by atoms with Crippen molar-refractivity contribution in [1.29, 1.82) is 0 Å². The molecule has 4 heteroatoms. The van der Waals surface area contributed by atoms with Gasteiger partial charge in [-0.15, -0.1) is 11.3 Å². The molecule has 3 nitrogen and oxygen atoms in total. The summed E-state index contributed by atoms with van der Waals surface area (Å²) in [6, 6.07) is 0. The fourth-order valence-electron chi connectivity index (χ4n) is 2.22. The van der Waals surface area contributed by atoms with Gasteiger partial charge in [0.2, 0.25) is 0 Å². The average molecular weight is 196 g/mol. The molecule has 0 amide bonds. The van der Waals surface area contributed by atoms with Gasteiger partial charge in [-0.1, -0.05) is 0 Å². The van der Waals surface area contributed by atoms with Gasteiger partial charge in [0, 0.05) is 0 Å². The molecule has 0 unspecified atom stereocenters. The smallest absolute Gasteiger partial charge is 0.107 e. The molecule has 0 aliphatic carbocycles. The Balaban J connectivity index is 2.00. The van der Waals surface area contributed by atoms with Gasteiger partial charge in [-0.2, -0.15) is 0 Å². The Labute approximate surface area is 81.1 Å². The SMILES string of the molecule is c1nc2c(s1)C1(CCNCC1)OC2. The maximum Gasteiger partial charge on any atom is 0.107 e. The van der Waals surface area contributed by atoms with Crippen molar-refractivity contribution in [2.45, 2.75) is 25.0 Å². The Morgan fingerprint density at radius 2 is 2.31 bits per heavy atom. The molecule has 1 N–H and O–H groups in total. The second-order valence-corrected chi connectivity index (χ2v) is 4.52. The first-order valence-electron chi connectivity index (χ1n) is 4.68. The minimum atomic E-state index is 0.0295. The molecule has 0 radical (unpaired) electrons. The lowest BCUT2D eigenvalue weighted by Gasteiger charge is -2.32. The predicted octanol–water partition coefficient (Wildman–Crippen LogP) is 1.25. The molecular weight excluding hydrogens is 184 g/mol. The molecule has 13 heavy (non-hydrogen) atoms. The highest BCUT2D eigenvalue weighted by Crippen LogP contribution is 2.44. The third kappa shape index (κ3) is 1.06. The first-order valence-corrected chi connectivity index (χ1v) is 5.56. The van der Waals surface area contributed by atoms with Crippen molar-refractivity contribution in [3.05, 3.63) is 16.1 Å². The number of ether oxygens (including phenoxy) is 1. The zero-order chi connectivity index (χ0) is 8.73. The van der Waals surface area contributed by atoms with Crippen molar-refractivity contribution >= 4 is 11.3 Å². The fourth-order valence-corrected chi connectivity index (χ4v) is 3.23. The zero-order valence-electron chi connectivity index (χ0n) is 7.38. The Morgan fingerprint density at radius 1 is 1.46 bits per heavy atom. The summed E-state index contributed by atoms with van der Waals surface area (Å²) in [6.45, 7) is 2.85. The Bertz CT molecular complexity index is 317. The van der Waals surface area contributed by atoms with Crippen LogP contribution in [0.2, 0.25) is 0 Å². The molecule has 2 aliphatic rings. The lowest BCUT2D eigenvalue weighted by Crippen LogP contribution is -2.39. The van der Waals surface area contributed by atoms with Gasteiger partial charge in [-0.05, 0) is 25.9 Å². The maximum atomic E-state index is 5.90. The van der Waals surface area contributed by atoms with Crippen molar-refractivity contribution in [3.63, 3.8) is 0 Å². The molecule has 0 saturated carbocycles. The van der Waals surface area contributed by atoms with Crippen LogP contribution >= 0.6 is 11.3 Å². The average Bonchev–Trinajstić information content (AvgIpc) is 2.73. The van der Waals surface area contributed by atoms with Gasteiger partial charge in [0.05, 0.1) is 22.7 Å². The molecule has 70 valence electrons. The number of rotatable bonds is 0. The summed E-state index contributed by atoms with van der Waals surface area (Å²) >= 11 is 1.75. The highest BCUT2D eigenvalue weighted by atomic mass is 32.1. The van der Waals surface area contributed by atoms with Crippen molar-refractivity contribution in [1.82, 2.24) is 10.3 Å². The number of fused-ring (bicyclic) bond motifs is 2. The van der Waals surface area contributed by atoms with E-state index in [2.05, 4.69) is 10.3 Å². The molecule has 3 heterocycles. The van der Waals surface area contributed by atoms with E-state index in [0.29, 0.717) is 0 Å². The molecule has 1 fully saturated rings. The van der Waals surface area contributed by atoms with E-state index in [1.807, 2.05) is 5.51 Å². The van der Waals surface area contributed by atoms with Crippen LogP contribution in [0.1, 0.15) is 23.4 Å². The number of thiazole rings is 1. The van der Waals surface area contributed by atoms with Crippen molar-refractivity contribution < 1.29 is 4.74 Å². The largest absolute Gasteiger partial charge is 0.363 e. The monoisotopic (exact) mass is 196 g/mol. The minimum Gasteiger partial charge on any atom is -0.363 e. The molecule has 1 saturated heterocycles. The Morgan fingerprint density at radius 3 is 3.15 bits per heavy atom. The van der Waals surface area contributed by atoms with E-state index in [4.69, 9.17) is 4.74 Å². The summed E-state index contributed by atoms with van der Waals surface area (Å²) in [5, 5.41) is 3.36. The van der Waals surface area contributed by atoms with E-state index in [1.54, 1.807) is 11.3 Å². The van der Waals surface area contributed by atoms with Crippen LogP contribution in [0.15, 0.2) is 5.51 Å². The summed E-state index contributed by atoms with van der Waals surface area (Å²) in [6.07, 6.45) is 2.20. The minimum absolute atomic E-state index is 0.0295. The van der Waals surface area contributed by atoms with Gasteiger partial charge < -0.3 is 10.1 Å². The van der Waals surface area contributed by atoms with E-state index in [9.17, 15) is 0 Å². The number of nitrogens with one attached hydrogen (secondary N) is 1. The first-order chi connectivity index (χ1) is 6.41. The van der Waals surface area contributed by atoms with E-state index < -0.39 is 0 Å². The van der Waals surface area contributed by atoms with E-state index >= 15 is 0 Å².